The summed E-state index contributed by atoms with van der Waals surface area (Å²) >= 11 is 5.34. The third-order valence-corrected chi connectivity index (χ3v) is 3.20. The van der Waals surface area contributed by atoms with Crippen molar-refractivity contribution in [2.24, 2.45) is 0 Å². The summed E-state index contributed by atoms with van der Waals surface area (Å²) in [4.78, 5) is 4.29. The molecule has 0 saturated carbocycles. The van der Waals surface area contributed by atoms with Crippen LogP contribution in [-0.4, -0.2) is 9.55 Å². The maximum Gasteiger partial charge on any atom is 0.204 e. The first-order chi connectivity index (χ1) is 8.36. The first-order valence-electron chi connectivity index (χ1n) is 5.70. The molecule has 0 amide bonds. The van der Waals surface area contributed by atoms with E-state index in [4.69, 9.17) is 12.2 Å². The smallest absolute Gasteiger partial charge is 0.204 e. The average Bonchev–Trinajstić information content (AvgIpc) is 2.39. The van der Waals surface area contributed by atoms with Gasteiger partial charge in [0.25, 0.3) is 0 Å². The molecular formula is C14H12N2S. The topological polar surface area (TPSA) is 17.8 Å². The van der Waals surface area contributed by atoms with Crippen molar-refractivity contribution in [2.45, 2.75) is 12.8 Å². The van der Waals surface area contributed by atoms with Crippen molar-refractivity contribution in [3.63, 3.8) is 0 Å². The van der Waals surface area contributed by atoms with Gasteiger partial charge >= 0.3 is 0 Å². The number of allylic oxidation sites excluding steroid dienone is 4. The van der Waals surface area contributed by atoms with E-state index in [1.54, 1.807) is 0 Å². The molecule has 2 nitrogen and oxygen atoms in total. The van der Waals surface area contributed by atoms with Crippen LogP contribution in [0.5, 0.6) is 0 Å². The number of fused-ring (bicyclic) bond motifs is 1. The minimum absolute atomic E-state index is 0.612. The Morgan fingerprint density at radius 3 is 2.88 bits per heavy atom. The number of rotatable bonds is 1. The molecule has 0 aliphatic heterocycles. The summed E-state index contributed by atoms with van der Waals surface area (Å²) in [6.07, 6.45) is 10.5. The third kappa shape index (κ3) is 1.83. The van der Waals surface area contributed by atoms with E-state index in [-0.39, 0.29) is 0 Å². The lowest BCUT2D eigenvalue weighted by atomic mass is 10.1. The SMILES string of the molecule is S=c1ncc2ccccc2n1C1=CCCC=C1. The Morgan fingerprint density at radius 2 is 2.06 bits per heavy atom. The number of hydrogen-bond donors (Lipinski definition) is 0. The number of para-hydroxylation sites is 1. The van der Waals surface area contributed by atoms with Gasteiger partial charge < -0.3 is 0 Å². The van der Waals surface area contributed by atoms with Gasteiger partial charge in [0.15, 0.2) is 0 Å². The molecule has 3 heteroatoms. The van der Waals surface area contributed by atoms with Crippen molar-refractivity contribution in [3.8, 4) is 0 Å². The zero-order chi connectivity index (χ0) is 11.7. The van der Waals surface area contributed by atoms with Gasteiger partial charge in [-0.25, -0.2) is 4.98 Å². The normalized spacial score (nSPS) is 14.9. The highest BCUT2D eigenvalue weighted by molar-refractivity contribution is 7.71. The predicted molar refractivity (Wildman–Crippen MR) is 73.2 cm³/mol. The second-order valence-electron chi connectivity index (χ2n) is 4.04. The zero-order valence-corrected chi connectivity index (χ0v) is 10.2. The molecule has 0 bridgehead atoms. The molecule has 3 rings (SSSR count). The number of benzene rings is 1. The summed E-state index contributed by atoms with van der Waals surface area (Å²) in [5.74, 6) is 0. The molecule has 0 radical (unpaired) electrons. The lowest BCUT2D eigenvalue weighted by Crippen LogP contribution is -2.03. The van der Waals surface area contributed by atoms with E-state index in [2.05, 4.69) is 35.3 Å². The molecule has 84 valence electrons. The molecule has 0 saturated heterocycles. The minimum Gasteiger partial charge on any atom is -0.286 e. The van der Waals surface area contributed by atoms with Crippen LogP contribution < -0.4 is 0 Å². The number of nitrogens with zero attached hydrogens (tertiary/aromatic N) is 2. The Hall–Kier alpha value is -1.74. The van der Waals surface area contributed by atoms with E-state index in [1.165, 1.54) is 0 Å². The Morgan fingerprint density at radius 1 is 1.18 bits per heavy atom. The predicted octanol–water partition coefficient (Wildman–Crippen LogP) is 3.96. The minimum atomic E-state index is 0.612. The molecule has 0 atom stereocenters. The van der Waals surface area contributed by atoms with Gasteiger partial charge in [-0.1, -0.05) is 30.4 Å². The van der Waals surface area contributed by atoms with Crippen molar-refractivity contribution in [1.82, 2.24) is 9.55 Å². The summed E-state index contributed by atoms with van der Waals surface area (Å²) in [7, 11) is 0. The summed E-state index contributed by atoms with van der Waals surface area (Å²) < 4.78 is 2.65. The van der Waals surface area contributed by atoms with E-state index in [9.17, 15) is 0 Å². The van der Waals surface area contributed by atoms with Crippen LogP contribution in [0, 0.1) is 4.77 Å². The lowest BCUT2D eigenvalue weighted by molar-refractivity contribution is 0.980. The molecule has 1 aromatic heterocycles. The molecule has 0 N–H and O–H groups in total. The monoisotopic (exact) mass is 240 g/mol. The van der Waals surface area contributed by atoms with Gasteiger partial charge in [-0.2, -0.15) is 0 Å². The zero-order valence-electron chi connectivity index (χ0n) is 9.34. The lowest BCUT2D eigenvalue weighted by Gasteiger charge is -2.13. The van der Waals surface area contributed by atoms with Gasteiger partial charge in [0.2, 0.25) is 4.77 Å². The van der Waals surface area contributed by atoms with Crippen molar-refractivity contribution in [2.75, 3.05) is 0 Å². The maximum atomic E-state index is 5.34. The third-order valence-electron chi connectivity index (χ3n) is 2.92. The standard InChI is InChI=1S/C14H12N2S/c17-14-15-10-11-6-4-5-9-13(11)16(14)12-7-2-1-3-8-12/h2,4-10H,1,3H2. The van der Waals surface area contributed by atoms with Crippen LogP contribution in [-0.2, 0) is 0 Å². The van der Waals surface area contributed by atoms with Crippen molar-refractivity contribution >= 4 is 28.8 Å². The number of aromatic nitrogens is 2. The van der Waals surface area contributed by atoms with Gasteiger partial charge in [0.1, 0.15) is 0 Å². The van der Waals surface area contributed by atoms with E-state index in [0.29, 0.717) is 4.77 Å². The van der Waals surface area contributed by atoms with Gasteiger partial charge in [-0.3, -0.25) is 4.57 Å². The van der Waals surface area contributed by atoms with Crippen LogP contribution in [0.4, 0.5) is 0 Å². The Labute approximate surface area is 105 Å². The largest absolute Gasteiger partial charge is 0.286 e. The molecule has 1 heterocycles. The van der Waals surface area contributed by atoms with Crippen molar-refractivity contribution < 1.29 is 0 Å². The Kier molecular flexibility index (Phi) is 2.61. The Balaban J connectivity index is 2.34. The molecule has 0 fully saturated rings. The molecule has 2 aromatic rings. The summed E-state index contributed by atoms with van der Waals surface area (Å²) in [6, 6.07) is 8.18. The molecule has 1 aliphatic rings. The van der Waals surface area contributed by atoms with E-state index < -0.39 is 0 Å². The summed E-state index contributed by atoms with van der Waals surface area (Å²) in [6.45, 7) is 0. The van der Waals surface area contributed by atoms with Crippen LogP contribution in [0.2, 0.25) is 0 Å². The fraction of sp³-hybridized carbons (Fsp3) is 0.143. The van der Waals surface area contributed by atoms with E-state index in [0.717, 1.165) is 29.4 Å². The average molecular weight is 240 g/mol. The maximum absolute atomic E-state index is 5.34. The highest BCUT2D eigenvalue weighted by Gasteiger charge is 2.05. The van der Waals surface area contributed by atoms with Crippen molar-refractivity contribution in [1.29, 1.82) is 0 Å². The highest BCUT2D eigenvalue weighted by Crippen LogP contribution is 2.21. The van der Waals surface area contributed by atoms with Crippen LogP contribution in [0.3, 0.4) is 0 Å². The second-order valence-corrected chi connectivity index (χ2v) is 4.41. The fourth-order valence-corrected chi connectivity index (χ4v) is 2.36. The molecule has 1 aliphatic carbocycles. The van der Waals surface area contributed by atoms with E-state index >= 15 is 0 Å². The molecule has 17 heavy (non-hydrogen) atoms. The van der Waals surface area contributed by atoms with Crippen LogP contribution in [0.25, 0.3) is 16.6 Å². The molecule has 0 unspecified atom stereocenters. The van der Waals surface area contributed by atoms with Crippen molar-refractivity contribution in [3.05, 3.63) is 53.5 Å². The summed E-state index contributed by atoms with van der Waals surface area (Å²) in [5, 5.41) is 1.11. The fourth-order valence-electron chi connectivity index (χ4n) is 2.10. The first-order valence-corrected chi connectivity index (χ1v) is 6.11. The molecular weight excluding hydrogens is 228 g/mol. The van der Waals surface area contributed by atoms with Crippen LogP contribution in [0.1, 0.15) is 12.8 Å². The summed E-state index contributed by atoms with van der Waals surface area (Å²) in [5.41, 5.74) is 2.25. The van der Waals surface area contributed by atoms with Crippen LogP contribution in [0.15, 0.2) is 48.7 Å². The van der Waals surface area contributed by atoms with Crippen LogP contribution >= 0.6 is 12.2 Å². The second kappa shape index (κ2) is 4.26. The van der Waals surface area contributed by atoms with Gasteiger partial charge in [0, 0.05) is 17.3 Å². The van der Waals surface area contributed by atoms with Gasteiger partial charge in [-0.15, -0.1) is 0 Å². The number of hydrogen-bond acceptors (Lipinski definition) is 2. The molecule has 1 aromatic carbocycles. The quantitative estimate of drug-likeness (QED) is 0.702. The molecule has 0 spiro atoms. The first kappa shape index (κ1) is 10.4. The van der Waals surface area contributed by atoms with E-state index in [1.807, 2.05) is 22.9 Å². The Bertz CT molecular complexity index is 680. The highest BCUT2D eigenvalue weighted by atomic mass is 32.1. The van der Waals surface area contributed by atoms with Gasteiger partial charge in [-0.05, 0) is 37.2 Å². The van der Waals surface area contributed by atoms with Gasteiger partial charge in [0.05, 0.1) is 5.52 Å².